The van der Waals surface area contributed by atoms with E-state index in [9.17, 15) is 9.90 Å². The van der Waals surface area contributed by atoms with Crippen LogP contribution in [0.5, 0.6) is 0 Å². The Morgan fingerprint density at radius 2 is 1.53 bits per heavy atom. The molecule has 2 aliphatic carbocycles. The van der Waals surface area contributed by atoms with Crippen LogP contribution in [-0.2, 0) is 4.79 Å². The molecule has 0 heterocycles. The van der Waals surface area contributed by atoms with Gasteiger partial charge in [0.1, 0.15) is 5.78 Å². The molecule has 0 bridgehead atoms. The molecule has 0 atom stereocenters. The zero-order valence-corrected chi connectivity index (χ0v) is 9.50. The van der Waals surface area contributed by atoms with E-state index in [0.717, 1.165) is 12.8 Å². The number of rotatable bonds is 1. The molecule has 0 aromatic carbocycles. The number of carbonyl (C=O) groups excluding carboxylic acids is 1. The standard InChI is InChI=1S/C13H22O2/c14-12-7-9-13(15,10-8-12)11-5-3-1-2-4-6-11/h11,15H,1-10H2. The van der Waals surface area contributed by atoms with Crippen LogP contribution in [0.25, 0.3) is 0 Å². The Bertz CT molecular complexity index is 217. The summed E-state index contributed by atoms with van der Waals surface area (Å²) in [6.07, 6.45) is 10.2. The summed E-state index contributed by atoms with van der Waals surface area (Å²) >= 11 is 0. The molecule has 0 spiro atoms. The predicted molar refractivity (Wildman–Crippen MR) is 59.6 cm³/mol. The van der Waals surface area contributed by atoms with Gasteiger partial charge >= 0.3 is 0 Å². The van der Waals surface area contributed by atoms with Crippen molar-refractivity contribution in [2.24, 2.45) is 5.92 Å². The van der Waals surface area contributed by atoms with Gasteiger partial charge in [-0.05, 0) is 31.6 Å². The van der Waals surface area contributed by atoms with E-state index in [1.807, 2.05) is 0 Å². The average Bonchev–Trinajstić information content (AvgIpc) is 2.51. The lowest BCUT2D eigenvalue weighted by Crippen LogP contribution is -2.41. The maximum atomic E-state index is 11.2. The van der Waals surface area contributed by atoms with Gasteiger partial charge in [0, 0.05) is 12.8 Å². The minimum atomic E-state index is -0.502. The summed E-state index contributed by atoms with van der Waals surface area (Å²) in [5.74, 6) is 0.807. The molecule has 0 unspecified atom stereocenters. The summed E-state index contributed by atoms with van der Waals surface area (Å²) in [6.45, 7) is 0. The van der Waals surface area contributed by atoms with Crippen molar-refractivity contribution in [2.45, 2.75) is 69.8 Å². The zero-order chi connectivity index (χ0) is 10.7. The number of ketones is 1. The van der Waals surface area contributed by atoms with Gasteiger partial charge in [0.15, 0.2) is 0 Å². The van der Waals surface area contributed by atoms with Gasteiger partial charge in [-0.15, -0.1) is 0 Å². The van der Waals surface area contributed by atoms with Gasteiger partial charge in [0.05, 0.1) is 5.60 Å². The molecule has 0 radical (unpaired) electrons. The van der Waals surface area contributed by atoms with Crippen molar-refractivity contribution in [1.29, 1.82) is 0 Å². The highest BCUT2D eigenvalue weighted by Crippen LogP contribution is 2.39. The van der Waals surface area contributed by atoms with Gasteiger partial charge in [0.2, 0.25) is 0 Å². The first-order valence-corrected chi connectivity index (χ1v) is 6.45. The summed E-state index contributed by atoms with van der Waals surface area (Å²) in [6, 6.07) is 0. The fourth-order valence-electron chi connectivity index (χ4n) is 3.19. The van der Waals surface area contributed by atoms with Crippen LogP contribution in [0.15, 0.2) is 0 Å². The highest BCUT2D eigenvalue weighted by Gasteiger charge is 2.39. The Morgan fingerprint density at radius 1 is 1.00 bits per heavy atom. The molecular weight excluding hydrogens is 188 g/mol. The SMILES string of the molecule is O=C1CCC(O)(C2CCCCCC2)CC1. The van der Waals surface area contributed by atoms with Crippen molar-refractivity contribution in [2.75, 3.05) is 0 Å². The van der Waals surface area contributed by atoms with Crippen molar-refractivity contribution in [3.8, 4) is 0 Å². The summed E-state index contributed by atoms with van der Waals surface area (Å²) in [4.78, 5) is 11.2. The van der Waals surface area contributed by atoms with Crippen molar-refractivity contribution >= 4 is 5.78 Å². The van der Waals surface area contributed by atoms with Crippen LogP contribution in [0.3, 0.4) is 0 Å². The number of hydrogen-bond acceptors (Lipinski definition) is 2. The van der Waals surface area contributed by atoms with Crippen LogP contribution in [-0.4, -0.2) is 16.5 Å². The van der Waals surface area contributed by atoms with Gasteiger partial charge < -0.3 is 5.11 Å². The Kier molecular flexibility index (Phi) is 3.45. The maximum Gasteiger partial charge on any atom is 0.133 e. The normalized spacial score (nSPS) is 28.7. The van der Waals surface area contributed by atoms with E-state index >= 15 is 0 Å². The van der Waals surface area contributed by atoms with Gasteiger partial charge in [0.25, 0.3) is 0 Å². The minimum Gasteiger partial charge on any atom is -0.390 e. The number of aliphatic hydroxyl groups is 1. The first-order valence-electron chi connectivity index (χ1n) is 6.45. The van der Waals surface area contributed by atoms with Crippen LogP contribution >= 0.6 is 0 Å². The molecule has 2 rings (SSSR count). The molecule has 0 amide bonds. The molecule has 86 valence electrons. The second kappa shape index (κ2) is 4.65. The summed E-state index contributed by atoms with van der Waals surface area (Å²) in [5.41, 5.74) is -0.502. The summed E-state index contributed by atoms with van der Waals surface area (Å²) < 4.78 is 0. The largest absolute Gasteiger partial charge is 0.390 e. The Hall–Kier alpha value is -0.370. The van der Waals surface area contributed by atoms with Crippen LogP contribution in [0, 0.1) is 5.92 Å². The molecule has 0 aromatic rings. The first-order chi connectivity index (χ1) is 7.21. The molecule has 1 N–H and O–H groups in total. The Balaban J connectivity index is 1.97. The van der Waals surface area contributed by atoms with Crippen LogP contribution in [0.1, 0.15) is 64.2 Å². The predicted octanol–water partition coefficient (Wildman–Crippen LogP) is 2.83. The van der Waals surface area contributed by atoms with Crippen LogP contribution in [0.4, 0.5) is 0 Å². The van der Waals surface area contributed by atoms with Gasteiger partial charge in [-0.1, -0.05) is 25.7 Å². The van der Waals surface area contributed by atoms with Gasteiger partial charge in [-0.2, -0.15) is 0 Å². The lowest BCUT2D eigenvalue weighted by molar-refractivity contribution is -0.128. The molecular formula is C13H22O2. The van der Waals surface area contributed by atoms with E-state index in [0.29, 0.717) is 24.5 Å². The van der Waals surface area contributed by atoms with E-state index in [1.165, 1.54) is 38.5 Å². The summed E-state index contributed by atoms with van der Waals surface area (Å²) in [5, 5.41) is 10.6. The molecule has 0 aliphatic heterocycles. The second-order valence-corrected chi connectivity index (χ2v) is 5.33. The monoisotopic (exact) mass is 210 g/mol. The highest BCUT2D eigenvalue weighted by atomic mass is 16.3. The lowest BCUT2D eigenvalue weighted by atomic mass is 9.72. The van der Waals surface area contributed by atoms with Crippen molar-refractivity contribution in [1.82, 2.24) is 0 Å². The molecule has 2 nitrogen and oxygen atoms in total. The van der Waals surface area contributed by atoms with E-state index in [4.69, 9.17) is 0 Å². The molecule has 0 aromatic heterocycles. The van der Waals surface area contributed by atoms with Crippen molar-refractivity contribution in [3.05, 3.63) is 0 Å². The number of carbonyl (C=O) groups is 1. The van der Waals surface area contributed by atoms with E-state index in [-0.39, 0.29) is 0 Å². The van der Waals surface area contributed by atoms with Crippen LogP contribution < -0.4 is 0 Å². The van der Waals surface area contributed by atoms with Gasteiger partial charge in [-0.3, -0.25) is 4.79 Å². The highest BCUT2D eigenvalue weighted by molar-refractivity contribution is 5.79. The van der Waals surface area contributed by atoms with Gasteiger partial charge in [-0.25, -0.2) is 0 Å². The van der Waals surface area contributed by atoms with Crippen molar-refractivity contribution < 1.29 is 9.90 Å². The minimum absolute atomic E-state index is 0.341. The third kappa shape index (κ3) is 2.60. The van der Waals surface area contributed by atoms with E-state index in [2.05, 4.69) is 0 Å². The Labute approximate surface area is 92.1 Å². The molecule has 2 aliphatic rings. The van der Waals surface area contributed by atoms with E-state index < -0.39 is 5.60 Å². The third-order valence-electron chi connectivity index (χ3n) is 4.29. The summed E-state index contributed by atoms with van der Waals surface area (Å²) in [7, 11) is 0. The molecule has 2 fully saturated rings. The number of Topliss-reactive ketones (excluding diaryl/α,β-unsaturated/α-hetero) is 1. The maximum absolute atomic E-state index is 11.2. The second-order valence-electron chi connectivity index (χ2n) is 5.33. The fraction of sp³-hybridized carbons (Fsp3) is 0.923. The Morgan fingerprint density at radius 3 is 2.07 bits per heavy atom. The molecule has 0 saturated heterocycles. The first kappa shape index (κ1) is 11.1. The smallest absolute Gasteiger partial charge is 0.133 e. The average molecular weight is 210 g/mol. The van der Waals surface area contributed by atoms with Crippen molar-refractivity contribution in [3.63, 3.8) is 0 Å². The molecule has 15 heavy (non-hydrogen) atoms. The van der Waals surface area contributed by atoms with Crippen LogP contribution in [0.2, 0.25) is 0 Å². The fourth-order valence-corrected chi connectivity index (χ4v) is 3.19. The quantitative estimate of drug-likeness (QED) is 0.676. The number of hydrogen-bond donors (Lipinski definition) is 1. The lowest BCUT2D eigenvalue weighted by Gasteiger charge is -2.38. The topological polar surface area (TPSA) is 37.3 Å². The third-order valence-corrected chi connectivity index (χ3v) is 4.29. The zero-order valence-electron chi connectivity index (χ0n) is 9.50. The van der Waals surface area contributed by atoms with E-state index in [1.54, 1.807) is 0 Å². The molecule has 2 saturated carbocycles. The molecule has 2 heteroatoms.